The molecule has 0 fully saturated rings. The average Bonchev–Trinajstić information content (AvgIpc) is 2.43. The third-order valence-corrected chi connectivity index (χ3v) is 5.88. The molecular formula is C12H19NO4S2. The van der Waals surface area contributed by atoms with E-state index < -0.39 is 20.6 Å². The molecule has 1 atom stereocenters. The lowest BCUT2D eigenvalue weighted by Gasteiger charge is -2.05. The highest BCUT2D eigenvalue weighted by Gasteiger charge is 2.15. The van der Waals surface area contributed by atoms with Crippen molar-refractivity contribution in [2.24, 2.45) is 5.73 Å². The van der Waals surface area contributed by atoms with E-state index in [2.05, 4.69) is 0 Å². The van der Waals surface area contributed by atoms with Gasteiger partial charge in [-0.15, -0.1) is 0 Å². The van der Waals surface area contributed by atoms with E-state index in [0.29, 0.717) is 18.9 Å². The number of hydrogen-bond acceptors (Lipinski definition) is 5. The topological polar surface area (TPSA) is 86.5 Å². The van der Waals surface area contributed by atoms with Crippen LogP contribution in [0.1, 0.15) is 5.56 Å². The molecular weight excluding hydrogens is 286 g/mol. The van der Waals surface area contributed by atoms with E-state index in [1.54, 1.807) is 12.1 Å². The molecule has 0 aromatic heterocycles. The summed E-state index contributed by atoms with van der Waals surface area (Å²) in [6.07, 6.45) is 0. The highest BCUT2D eigenvalue weighted by Crippen LogP contribution is 2.12. The summed E-state index contributed by atoms with van der Waals surface area (Å²) in [4.78, 5) is 0.244. The lowest BCUT2D eigenvalue weighted by atomic mass is 10.2. The minimum Gasteiger partial charge on any atom is -0.384 e. The van der Waals surface area contributed by atoms with E-state index >= 15 is 0 Å². The van der Waals surface area contributed by atoms with E-state index in [1.807, 2.05) is 0 Å². The van der Waals surface area contributed by atoms with Crippen LogP contribution in [0.15, 0.2) is 29.2 Å². The number of sulfone groups is 1. The van der Waals surface area contributed by atoms with Gasteiger partial charge in [-0.3, -0.25) is 4.21 Å². The number of ether oxygens (including phenoxy) is 1. The van der Waals surface area contributed by atoms with E-state index in [4.69, 9.17) is 10.5 Å². The Labute approximate surface area is 116 Å². The zero-order valence-corrected chi connectivity index (χ0v) is 12.5. The van der Waals surface area contributed by atoms with Crippen LogP contribution in [0.4, 0.5) is 0 Å². The quantitative estimate of drug-likeness (QED) is 0.747. The van der Waals surface area contributed by atoms with Crippen LogP contribution in [0.25, 0.3) is 0 Å². The predicted molar refractivity (Wildman–Crippen MR) is 76.1 cm³/mol. The molecule has 1 aromatic rings. The van der Waals surface area contributed by atoms with Crippen LogP contribution >= 0.6 is 0 Å². The van der Waals surface area contributed by atoms with E-state index in [1.165, 1.54) is 19.2 Å². The molecule has 0 heterocycles. The second-order valence-corrected chi connectivity index (χ2v) is 7.81. The molecule has 1 unspecified atom stereocenters. The Morgan fingerprint density at radius 3 is 2.37 bits per heavy atom. The molecule has 0 aliphatic carbocycles. The molecule has 108 valence electrons. The lowest BCUT2D eigenvalue weighted by molar-refractivity contribution is 0.218. The van der Waals surface area contributed by atoms with Crippen molar-refractivity contribution in [1.82, 2.24) is 0 Å². The molecule has 2 N–H and O–H groups in total. The fourth-order valence-electron chi connectivity index (χ4n) is 1.43. The SMILES string of the molecule is COCCS(=O)CCS(=O)(=O)c1ccc(CN)cc1. The number of nitrogens with two attached hydrogens (primary N) is 1. The lowest BCUT2D eigenvalue weighted by Crippen LogP contribution is -2.17. The molecule has 0 saturated heterocycles. The fraction of sp³-hybridized carbons (Fsp3) is 0.500. The van der Waals surface area contributed by atoms with Crippen LogP contribution in [-0.2, 0) is 31.9 Å². The van der Waals surface area contributed by atoms with Crippen molar-refractivity contribution in [3.63, 3.8) is 0 Å². The summed E-state index contributed by atoms with van der Waals surface area (Å²) in [5.74, 6) is 0.369. The van der Waals surface area contributed by atoms with Gasteiger partial charge in [0.05, 0.1) is 17.3 Å². The Balaban J connectivity index is 2.62. The van der Waals surface area contributed by atoms with E-state index in [0.717, 1.165) is 5.56 Å². The first-order valence-electron chi connectivity index (χ1n) is 5.85. The molecule has 0 amide bonds. The molecule has 0 spiro atoms. The van der Waals surface area contributed by atoms with Crippen LogP contribution < -0.4 is 5.73 Å². The second-order valence-electron chi connectivity index (χ2n) is 4.01. The van der Waals surface area contributed by atoms with Crippen molar-refractivity contribution in [2.75, 3.05) is 31.0 Å². The van der Waals surface area contributed by atoms with Gasteiger partial charge in [-0.2, -0.15) is 0 Å². The van der Waals surface area contributed by atoms with Crippen molar-refractivity contribution in [3.05, 3.63) is 29.8 Å². The third kappa shape index (κ3) is 5.40. The highest BCUT2D eigenvalue weighted by atomic mass is 32.2. The molecule has 0 aliphatic heterocycles. The number of hydrogen-bond donors (Lipinski definition) is 1. The molecule has 0 radical (unpaired) electrons. The molecule has 0 aliphatic rings. The van der Waals surface area contributed by atoms with Gasteiger partial charge in [0, 0.05) is 36.0 Å². The summed E-state index contributed by atoms with van der Waals surface area (Å²) in [6.45, 7) is 0.749. The van der Waals surface area contributed by atoms with Crippen LogP contribution in [0.3, 0.4) is 0 Å². The van der Waals surface area contributed by atoms with Gasteiger partial charge in [-0.1, -0.05) is 12.1 Å². The minimum absolute atomic E-state index is 0.120. The summed E-state index contributed by atoms with van der Waals surface area (Å²) in [5.41, 5.74) is 6.33. The molecule has 1 rings (SSSR count). The first-order valence-corrected chi connectivity index (χ1v) is 8.99. The number of rotatable bonds is 8. The number of benzene rings is 1. The van der Waals surface area contributed by atoms with Crippen molar-refractivity contribution < 1.29 is 17.4 Å². The summed E-state index contributed by atoms with van der Waals surface area (Å²) >= 11 is 0. The molecule has 0 saturated carbocycles. The zero-order chi connectivity index (χ0) is 14.3. The van der Waals surface area contributed by atoms with Gasteiger partial charge in [-0.25, -0.2) is 8.42 Å². The van der Waals surface area contributed by atoms with Gasteiger partial charge in [-0.05, 0) is 17.7 Å². The Morgan fingerprint density at radius 1 is 1.21 bits per heavy atom. The standard InChI is InChI=1S/C12H19NO4S2/c1-17-6-7-18(14)8-9-19(15,16)12-4-2-11(10-13)3-5-12/h2-5H,6-10,13H2,1H3. The van der Waals surface area contributed by atoms with Gasteiger partial charge in [0.15, 0.2) is 9.84 Å². The summed E-state index contributed by atoms with van der Waals surface area (Å²) < 4.78 is 40.4. The fourth-order valence-corrected chi connectivity index (χ4v) is 4.40. The van der Waals surface area contributed by atoms with Crippen molar-refractivity contribution in [2.45, 2.75) is 11.4 Å². The van der Waals surface area contributed by atoms with Crippen molar-refractivity contribution >= 4 is 20.6 Å². The maximum Gasteiger partial charge on any atom is 0.179 e. The highest BCUT2D eigenvalue weighted by molar-refractivity contribution is 7.93. The molecule has 0 bridgehead atoms. The van der Waals surface area contributed by atoms with Gasteiger partial charge in [0.2, 0.25) is 0 Å². The Bertz CT molecular complexity index is 511. The Hall–Kier alpha value is -0.760. The second kappa shape index (κ2) is 7.74. The first kappa shape index (κ1) is 16.3. The molecule has 7 heteroatoms. The zero-order valence-electron chi connectivity index (χ0n) is 10.9. The van der Waals surface area contributed by atoms with Crippen molar-refractivity contribution in [3.8, 4) is 0 Å². The average molecular weight is 305 g/mol. The van der Waals surface area contributed by atoms with Crippen LogP contribution in [0.5, 0.6) is 0 Å². The van der Waals surface area contributed by atoms with Crippen LogP contribution in [0.2, 0.25) is 0 Å². The summed E-state index contributed by atoms with van der Waals surface area (Å²) in [7, 11) is -3.03. The molecule has 19 heavy (non-hydrogen) atoms. The van der Waals surface area contributed by atoms with Gasteiger partial charge < -0.3 is 10.5 Å². The smallest absolute Gasteiger partial charge is 0.179 e. The van der Waals surface area contributed by atoms with Gasteiger partial charge in [0.25, 0.3) is 0 Å². The largest absolute Gasteiger partial charge is 0.384 e. The molecule has 1 aromatic carbocycles. The molecule has 5 nitrogen and oxygen atoms in total. The van der Waals surface area contributed by atoms with Gasteiger partial charge in [0.1, 0.15) is 0 Å². The number of methoxy groups -OCH3 is 1. The third-order valence-electron chi connectivity index (χ3n) is 2.61. The van der Waals surface area contributed by atoms with E-state index in [9.17, 15) is 12.6 Å². The Morgan fingerprint density at radius 2 is 1.84 bits per heavy atom. The maximum atomic E-state index is 12.0. The minimum atomic E-state index is -3.38. The van der Waals surface area contributed by atoms with Crippen LogP contribution in [-0.4, -0.2) is 43.6 Å². The Kier molecular flexibility index (Phi) is 6.64. The maximum absolute atomic E-state index is 12.0. The first-order chi connectivity index (χ1) is 8.99. The predicted octanol–water partition coefficient (Wildman–Crippen LogP) is 0.314. The summed E-state index contributed by atoms with van der Waals surface area (Å²) in [5, 5.41) is 0. The normalized spacial score (nSPS) is 13.4. The van der Waals surface area contributed by atoms with Crippen LogP contribution in [0, 0.1) is 0 Å². The van der Waals surface area contributed by atoms with Gasteiger partial charge >= 0.3 is 0 Å². The van der Waals surface area contributed by atoms with Crippen molar-refractivity contribution in [1.29, 1.82) is 0 Å². The monoisotopic (exact) mass is 305 g/mol. The summed E-state index contributed by atoms with van der Waals surface area (Å²) in [6, 6.07) is 6.45. The van der Waals surface area contributed by atoms with E-state index in [-0.39, 0.29) is 16.4 Å².